The van der Waals surface area contributed by atoms with Crippen molar-refractivity contribution in [1.29, 1.82) is 0 Å². The molecule has 1 aliphatic carbocycles. The maximum atomic E-state index is 13.0. The second-order valence-electron chi connectivity index (χ2n) is 6.05. The zero-order chi connectivity index (χ0) is 14.8. The zero-order valence-corrected chi connectivity index (χ0v) is 12.7. The summed E-state index contributed by atoms with van der Waals surface area (Å²) in [5.41, 5.74) is 0.462. The number of rotatable bonds is 4. The van der Waals surface area contributed by atoms with Crippen LogP contribution in [0.4, 0.5) is 10.1 Å². The molecule has 0 unspecified atom stereocenters. The molecule has 1 amide bonds. The van der Waals surface area contributed by atoms with E-state index >= 15 is 0 Å². The lowest BCUT2D eigenvalue weighted by Gasteiger charge is -2.35. The average Bonchev–Trinajstić information content (AvgIpc) is 2.86. The maximum absolute atomic E-state index is 13.0. The first-order valence-electron chi connectivity index (χ1n) is 6.96. The van der Waals surface area contributed by atoms with Crippen LogP contribution in [0, 0.1) is 5.82 Å². The Morgan fingerprint density at radius 2 is 2.05 bits per heavy atom. The number of anilines is 1. The molecule has 1 aliphatic rings. The predicted molar refractivity (Wildman–Crippen MR) is 79.3 cm³/mol. The highest BCUT2D eigenvalue weighted by molar-refractivity contribution is 6.33. The predicted octanol–water partition coefficient (Wildman–Crippen LogP) is 3.44. The molecule has 1 aromatic rings. The fraction of sp³-hybridized carbons (Fsp3) is 0.533. The van der Waals surface area contributed by atoms with Gasteiger partial charge in [0.05, 0.1) is 30.8 Å². The van der Waals surface area contributed by atoms with E-state index in [-0.39, 0.29) is 10.9 Å². The summed E-state index contributed by atoms with van der Waals surface area (Å²) in [5.74, 6) is -0.495. The molecular weight excluding hydrogens is 279 g/mol. The van der Waals surface area contributed by atoms with Crippen molar-refractivity contribution in [2.24, 2.45) is 0 Å². The molecule has 1 fully saturated rings. The lowest BCUT2D eigenvalue weighted by molar-refractivity contribution is -0.906. The lowest BCUT2D eigenvalue weighted by Crippen LogP contribution is -2.51. The van der Waals surface area contributed by atoms with Gasteiger partial charge in [0.25, 0.3) is 5.91 Å². The van der Waals surface area contributed by atoms with Gasteiger partial charge in [0.1, 0.15) is 5.82 Å². The maximum Gasteiger partial charge on any atom is 0.279 e. The third-order valence-corrected chi connectivity index (χ3v) is 4.38. The topological polar surface area (TPSA) is 29.1 Å². The van der Waals surface area contributed by atoms with E-state index < -0.39 is 5.82 Å². The first kappa shape index (κ1) is 15.3. The molecule has 0 radical (unpaired) electrons. The number of halogens is 2. The molecule has 0 heterocycles. The quantitative estimate of drug-likeness (QED) is 0.848. The smallest absolute Gasteiger partial charge is 0.279 e. The van der Waals surface area contributed by atoms with Crippen LogP contribution in [0.5, 0.6) is 0 Å². The molecule has 5 heteroatoms. The van der Waals surface area contributed by atoms with E-state index in [0.29, 0.717) is 22.8 Å². The minimum absolute atomic E-state index is 0.0876. The number of carbonyl (C=O) groups excluding carboxylic acids is 1. The summed E-state index contributed by atoms with van der Waals surface area (Å²) in [6, 6.07) is 4.53. The van der Waals surface area contributed by atoms with Crippen LogP contribution in [0.3, 0.4) is 0 Å². The first-order chi connectivity index (χ1) is 9.38. The normalized spacial score (nSPS) is 16.4. The van der Waals surface area contributed by atoms with Crippen molar-refractivity contribution in [1.82, 2.24) is 0 Å². The van der Waals surface area contributed by atoms with Gasteiger partial charge in [-0.05, 0) is 43.9 Å². The van der Waals surface area contributed by atoms with E-state index in [1.807, 2.05) is 0 Å². The minimum atomic E-state index is -0.407. The van der Waals surface area contributed by atoms with Crippen molar-refractivity contribution < 1.29 is 13.7 Å². The summed E-state index contributed by atoms with van der Waals surface area (Å²) < 4.78 is 13.6. The Morgan fingerprint density at radius 3 is 2.65 bits per heavy atom. The van der Waals surface area contributed by atoms with E-state index in [2.05, 4.69) is 19.4 Å². The van der Waals surface area contributed by atoms with Gasteiger partial charge < -0.3 is 9.80 Å². The lowest BCUT2D eigenvalue weighted by atomic mass is 10.2. The van der Waals surface area contributed by atoms with Crippen molar-refractivity contribution in [3.8, 4) is 0 Å². The second kappa shape index (κ2) is 6.10. The van der Waals surface area contributed by atoms with Gasteiger partial charge in [-0.1, -0.05) is 11.6 Å². The number of quaternary nitrogens is 1. The summed E-state index contributed by atoms with van der Waals surface area (Å²) in [6.07, 6.45) is 4.85. The Balaban J connectivity index is 1.98. The molecule has 0 atom stereocenters. The van der Waals surface area contributed by atoms with E-state index in [0.717, 1.165) is 0 Å². The Hall–Kier alpha value is -1.13. The largest absolute Gasteiger partial charge is 0.320 e. The number of hydrogen-bond acceptors (Lipinski definition) is 1. The van der Waals surface area contributed by atoms with Crippen LogP contribution in [0.1, 0.15) is 25.7 Å². The first-order valence-corrected chi connectivity index (χ1v) is 7.34. The van der Waals surface area contributed by atoms with Crippen LogP contribution in [-0.4, -0.2) is 37.1 Å². The number of likely N-dealkylation sites (N-methyl/N-ethyl adjacent to an activating group) is 1. The molecule has 0 aliphatic heterocycles. The van der Waals surface area contributed by atoms with E-state index in [4.69, 9.17) is 11.6 Å². The molecular formula is C15H21ClFN2O+. The molecule has 0 bridgehead atoms. The van der Waals surface area contributed by atoms with Crippen LogP contribution in [0.15, 0.2) is 18.2 Å². The standard InChI is InChI=1S/C15H20ClFN2O/c1-19(2,12-5-3-4-6-12)10-15(20)18-14-8-7-11(17)9-13(14)16/h7-9,12H,3-6,10H2,1-2H3/p+1. The highest BCUT2D eigenvalue weighted by Gasteiger charge is 2.33. The van der Waals surface area contributed by atoms with Crippen molar-refractivity contribution in [3.05, 3.63) is 29.0 Å². The summed E-state index contributed by atoms with van der Waals surface area (Å²) in [5, 5.41) is 2.99. The number of amides is 1. The molecule has 1 N–H and O–H groups in total. The third-order valence-electron chi connectivity index (χ3n) is 4.07. The third kappa shape index (κ3) is 3.70. The van der Waals surface area contributed by atoms with Gasteiger partial charge in [0.2, 0.25) is 0 Å². The van der Waals surface area contributed by atoms with Crippen molar-refractivity contribution in [2.75, 3.05) is 26.0 Å². The molecule has 110 valence electrons. The van der Waals surface area contributed by atoms with Gasteiger partial charge in [0.15, 0.2) is 6.54 Å². The molecule has 0 aromatic heterocycles. The highest BCUT2D eigenvalue weighted by atomic mass is 35.5. The van der Waals surface area contributed by atoms with Gasteiger partial charge in [-0.2, -0.15) is 0 Å². The molecule has 20 heavy (non-hydrogen) atoms. The van der Waals surface area contributed by atoms with Gasteiger partial charge in [-0.25, -0.2) is 4.39 Å². The summed E-state index contributed by atoms with van der Waals surface area (Å²) in [4.78, 5) is 12.1. The molecule has 2 rings (SSSR count). The van der Waals surface area contributed by atoms with E-state index in [9.17, 15) is 9.18 Å². The SMILES string of the molecule is C[N+](C)(CC(=O)Nc1ccc(F)cc1Cl)C1CCCC1. The zero-order valence-electron chi connectivity index (χ0n) is 12.0. The Bertz CT molecular complexity index is 499. The van der Waals surface area contributed by atoms with Crippen LogP contribution in [0.2, 0.25) is 5.02 Å². The van der Waals surface area contributed by atoms with E-state index in [1.165, 1.54) is 43.9 Å². The minimum Gasteiger partial charge on any atom is -0.320 e. The average molecular weight is 300 g/mol. The summed E-state index contributed by atoms with van der Waals surface area (Å²) in [6.45, 7) is 0.401. The Kier molecular flexibility index (Phi) is 4.66. The monoisotopic (exact) mass is 299 g/mol. The Labute approximate surface area is 124 Å². The van der Waals surface area contributed by atoms with Gasteiger partial charge >= 0.3 is 0 Å². The van der Waals surface area contributed by atoms with Crippen molar-refractivity contribution in [3.63, 3.8) is 0 Å². The van der Waals surface area contributed by atoms with Crippen molar-refractivity contribution >= 4 is 23.2 Å². The van der Waals surface area contributed by atoms with Gasteiger partial charge in [0, 0.05) is 0 Å². The van der Waals surface area contributed by atoms with Crippen LogP contribution < -0.4 is 5.32 Å². The van der Waals surface area contributed by atoms with Crippen molar-refractivity contribution in [2.45, 2.75) is 31.7 Å². The van der Waals surface area contributed by atoms with Crippen LogP contribution in [-0.2, 0) is 4.79 Å². The second-order valence-corrected chi connectivity index (χ2v) is 6.45. The summed E-state index contributed by atoms with van der Waals surface area (Å²) >= 11 is 5.91. The molecule has 0 saturated heterocycles. The molecule has 0 spiro atoms. The van der Waals surface area contributed by atoms with Crippen LogP contribution in [0.25, 0.3) is 0 Å². The van der Waals surface area contributed by atoms with Gasteiger partial charge in [-0.3, -0.25) is 4.79 Å². The van der Waals surface area contributed by atoms with Crippen LogP contribution >= 0.6 is 11.6 Å². The highest BCUT2D eigenvalue weighted by Crippen LogP contribution is 2.27. The van der Waals surface area contributed by atoms with Gasteiger partial charge in [-0.15, -0.1) is 0 Å². The number of hydrogen-bond donors (Lipinski definition) is 1. The number of nitrogens with zero attached hydrogens (tertiary/aromatic N) is 1. The fourth-order valence-corrected chi connectivity index (χ4v) is 3.10. The Morgan fingerprint density at radius 1 is 1.40 bits per heavy atom. The number of benzene rings is 1. The number of carbonyl (C=O) groups is 1. The number of nitrogens with one attached hydrogen (secondary N) is 1. The molecule has 1 aromatic carbocycles. The van der Waals surface area contributed by atoms with E-state index in [1.54, 1.807) is 0 Å². The molecule has 3 nitrogen and oxygen atoms in total. The summed E-state index contributed by atoms with van der Waals surface area (Å²) in [7, 11) is 4.17. The fourth-order valence-electron chi connectivity index (χ4n) is 2.88. The molecule has 1 saturated carbocycles.